The van der Waals surface area contributed by atoms with Gasteiger partial charge < -0.3 is 24.2 Å². The SMILES string of the molecule is C[C@@H](O)[C@H]1C(=O)N2C(C(=O)OC(=O)c3ccc([N+](=O)[O-])cc3)=C(CN(C)CC(=O)CCCc3ccc(OC(=O)c4ccc([N+](=O)[O-])cc4)c(OC(=O)c4ccc([N+](=O)[O-])cc4)c3)[C@H](C)[C@H]12. The Morgan fingerprint density at radius 3 is 1.68 bits per heavy atom. The van der Waals surface area contributed by atoms with Gasteiger partial charge in [-0.3, -0.25) is 44.8 Å². The number of fused-ring (bicyclic) bond motifs is 1. The number of hydrogen-bond donors (Lipinski definition) is 1. The minimum atomic E-state index is -1.14. The highest BCUT2D eigenvalue weighted by molar-refractivity contribution is 6.06. The van der Waals surface area contributed by atoms with E-state index in [1.54, 1.807) is 24.9 Å². The molecule has 1 fully saturated rings. The second kappa shape index (κ2) is 19.6. The second-order valence-corrected chi connectivity index (χ2v) is 15.3. The maximum absolute atomic E-state index is 13.6. The first-order chi connectivity index (χ1) is 30.8. The summed E-state index contributed by atoms with van der Waals surface area (Å²) in [6, 6.07) is 17.3. The molecule has 21 heteroatoms. The number of nitro groups is 3. The molecule has 2 aliphatic heterocycles. The van der Waals surface area contributed by atoms with Crippen LogP contribution < -0.4 is 9.47 Å². The predicted octanol–water partition coefficient (Wildman–Crippen LogP) is 5.17. The molecule has 1 amide bonds. The summed E-state index contributed by atoms with van der Waals surface area (Å²) in [5, 5.41) is 43.5. The molecule has 336 valence electrons. The van der Waals surface area contributed by atoms with Gasteiger partial charge >= 0.3 is 23.9 Å². The molecular formula is C44H39N5O16. The van der Waals surface area contributed by atoms with Crippen LogP contribution in [0.2, 0.25) is 0 Å². The molecule has 4 aromatic rings. The number of carbonyl (C=O) groups is 6. The number of ketones is 1. The number of hydrogen-bond acceptors (Lipinski definition) is 17. The van der Waals surface area contributed by atoms with Gasteiger partial charge in [-0.2, -0.15) is 0 Å². The molecule has 4 atom stereocenters. The van der Waals surface area contributed by atoms with E-state index in [1.807, 2.05) is 0 Å². The zero-order valence-electron chi connectivity index (χ0n) is 34.8. The van der Waals surface area contributed by atoms with Gasteiger partial charge in [-0.25, -0.2) is 19.2 Å². The Kier molecular flexibility index (Phi) is 14.0. The molecule has 0 bridgehead atoms. The van der Waals surface area contributed by atoms with Gasteiger partial charge in [0.05, 0.1) is 56.1 Å². The van der Waals surface area contributed by atoms with Crippen molar-refractivity contribution in [2.24, 2.45) is 11.8 Å². The summed E-state index contributed by atoms with van der Waals surface area (Å²) in [6.45, 7) is 3.10. The van der Waals surface area contributed by atoms with Crippen molar-refractivity contribution in [1.82, 2.24) is 9.80 Å². The van der Waals surface area contributed by atoms with E-state index >= 15 is 0 Å². The van der Waals surface area contributed by atoms with Crippen LogP contribution in [0.5, 0.6) is 11.5 Å². The first kappa shape index (κ1) is 46.5. The number of aliphatic hydroxyl groups excluding tert-OH is 1. The molecule has 65 heavy (non-hydrogen) atoms. The van der Waals surface area contributed by atoms with Gasteiger partial charge in [0, 0.05) is 55.3 Å². The topological polar surface area (TPSA) is 286 Å². The smallest absolute Gasteiger partial charge is 0.362 e. The number of amides is 1. The average molecular weight is 894 g/mol. The number of rotatable bonds is 18. The number of carbonyl (C=O) groups excluding carboxylic acids is 6. The fraction of sp³-hybridized carbons (Fsp3) is 0.273. The van der Waals surface area contributed by atoms with Gasteiger partial charge in [-0.1, -0.05) is 13.0 Å². The van der Waals surface area contributed by atoms with Crippen LogP contribution >= 0.6 is 0 Å². The molecule has 6 rings (SSSR count). The number of nitrogens with zero attached hydrogens (tertiary/aromatic N) is 5. The standard InChI is InChI=1S/C44H39N5O16/c1-24-34(39(46-38(24)37(25(2)50)40(46)52)44(56)65-43(55)29-12-18-32(19-13-29)49(61)62)23-45(3)22-33(51)6-4-5-26-7-20-35(63-41(53)27-8-14-30(15-9-27)47(57)58)36(21-26)64-42(54)28-10-16-31(17-11-28)48(59)60/h7-21,24-25,37-38,50H,4-6,22-23H2,1-3H3/t24-,25+,37+,38+/m0/s1. The van der Waals surface area contributed by atoms with Crippen molar-refractivity contribution >= 4 is 52.6 Å². The second-order valence-electron chi connectivity index (χ2n) is 15.3. The molecule has 2 aliphatic rings. The van der Waals surface area contributed by atoms with Crippen LogP contribution in [0, 0.1) is 42.2 Å². The number of esters is 4. The normalized spacial score (nSPS) is 16.8. The number of non-ortho nitro benzene ring substituents is 3. The first-order valence-electron chi connectivity index (χ1n) is 19.9. The van der Waals surface area contributed by atoms with Gasteiger partial charge in [0.2, 0.25) is 5.91 Å². The number of benzene rings is 4. The molecule has 1 saturated heterocycles. The fourth-order valence-corrected chi connectivity index (χ4v) is 7.60. The van der Waals surface area contributed by atoms with Crippen LogP contribution in [0.15, 0.2) is 102 Å². The van der Waals surface area contributed by atoms with Crippen LogP contribution in [0.1, 0.15) is 63.3 Å². The first-order valence-corrected chi connectivity index (χ1v) is 19.9. The van der Waals surface area contributed by atoms with Crippen LogP contribution in [-0.2, 0) is 25.5 Å². The minimum absolute atomic E-state index is 0.000579. The van der Waals surface area contributed by atoms with Gasteiger partial charge in [0.1, 0.15) is 11.5 Å². The van der Waals surface area contributed by atoms with Crippen LogP contribution in [0.4, 0.5) is 17.1 Å². The van der Waals surface area contributed by atoms with Gasteiger partial charge in [-0.15, -0.1) is 0 Å². The Morgan fingerprint density at radius 2 is 1.20 bits per heavy atom. The molecule has 21 nitrogen and oxygen atoms in total. The highest BCUT2D eigenvalue weighted by Gasteiger charge is 2.60. The zero-order valence-corrected chi connectivity index (χ0v) is 34.8. The van der Waals surface area contributed by atoms with Crippen LogP contribution in [0.25, 0.3) is 0 Å². The number of aliphatic hydroxyl groups is 1. The fourth-order valence-electron chi connectivity index (χ4n) is 7.60. The van der Waals surface area contributed by atoms with E-state index in [4.69, 9.17) is 14.2 Å². The molecular weight excluding hydrogens is 855 g/mol. The lowest BCUT2D eigenvalue weighted by molar-refractivity contribution is -0.385. The molecule has 1 N–H and O–H groups in total. The number of Topliss-reactive ketones (excluding diaryl/α,β-unsaturated/α-hetero) is 1. The van der Waals surface area contributed by atoms with E-state index in [1.165, 1.54) is 48.2 Å². The monoisotopic (exact) mass is 893 g/mol. The summed E-state index contributed by atoms with van der Waals surface area (Å²) in [6.07, 6.45) is -0.416. The van der Waals surface area contributed by atoms with Crippen molar-refractivity contribution in [1.29, 1.82) is 0 Å². The molecule has 0 aliphatic carbocycles. The lowest BCUT2D eigenvalue weighted by atomic mass is 9.77. The molecule has 4 aromatic carbocycles. The molecule has 0 saturated carbocycles. The number of β-lactam (4-membered cyclic amide) rings is 1. The Balaban J connectivity index is 1.12. The summed E-state index contributed by atoms with van der Waals surface area (Å²) < 4.78 is 16.2. The van der Waals surface area contributed by atoms with Gasteiger partial charge in [0.25, 0.3) is 17.1 Å². The van der Waals surface area contributed by atoms with E-state index in [0.29, 0.717) is 17.6 Å². The lowest BCUT2D eigenvalue weighted by Crippen LogP contribution is -2.63. The molecule has 2 heterocycles. The van der Waals surface area contributed by atoms with Crippen molar-refractivity contribution in [3.8, 4) is 11.5 Å². The van der Waals surface area contributed by atoms with Gasteiger partial charge in [-0.05, 0) is 86.5 Å². The Hall–Kier alpha value is -8.04. The predicted molar refractivity (Wildman–Crippen MR) is 224 cm³/mol. The highest BCUT2D eigenvalue weighted by Crippen LogP contribution is 2.47. The van der Waals surface area contributed by atoms with E-state index in [0.717, 1.165) is 48.5 Å². The number of nitro benzene ring substituents is 3. The van der Waals surface area contributed by atoms with Crippen molar-refractivity contribution in [2.75, 3.05) is 20.1 Å². The van der Waals surface area contributed by atoms with E-state index in [9.17, 15) is 64.2 Å². The van der Waals surface area contributed by atoms with Crippen molar-refractivity contribution in [3.05, 3.63) is 155 Å². The summed E-state index contributed by atoms with van der Waals surface area (Å²) in [5.41, 5.74) is -0.273. The number of likely N-dealkylation sites (N-methyl/N-ethyl adjacent to an activating group) is 1. The number of ether oxygens (including phenoxy) is 3. The molecule has 0 spiro atoms. The number of aryl methyl sites for hydroxylation is 1. The highest BCUT2D eigenvalue weighted by atomic mass is 16.6. The lowest BCUT2D eigenvalue weighted by Gasteiger charge is -2.46. The Labute approximate surface area is 368 Å². The van der Waals surface area contributed by atoms with Crippen molar-refractivity contribution in [2.45, 2.75) is 45.3 Å². The van der Waals surface area contributed by atoms with Crippen molar-refractivity contribution < 1.29 is 62.9 Å². The third-order valence-corrected chi connectivity index (χ3v) is 10.9. The Morgan fingerprint density at radius 1 is 0.723 bits per heavy atom. The van der Waals surface area contributed by atoms with Crippen molar-refractivity contribution in [3.63, 3.8) is 0 Å². The quantitative estimate of drug-likeness (QED) is 0.0337. The summed E-state index contributed by atoms with van der Waals surface area (Å²) in [5.74, 6) is -6.55. The average Bonchev–Trinajstić information content (AvgIpc) is 3.50. The summed E-state index contributed by atoms with van der Waals surface area (Å²) in [7, 11) is 1.62. The summed E-state index contributed by atoms with van der Waals surface area (Å²) in [4.78, 5) is 113. The van der Waals surface area contributed by atoms with E-state index < -0.39 is 68.5 Å². The van der Waals surface area contributed by atoms with E-state index in [-0.39, 0.29) is 82.7 Å². The molecule has 0 radical (unpaired) electrons. The maximum atomic E-state index is 13.6. The maximum Gasteiger partial charge on any atom is 0.362 e. The zero-order chi connectivity index (χ0) is 47.3. The van der Waals surface area contributed by atoms with E-state index in [2.05, 4.69) is 0 Å². The third kappa shape index (κ3) is 10.4. The van der Waals surface area contributed by atoms with Crippen LogP contribution in [0.3, 0.4) is 0 Å². The van der Waals surface area contributed by atoms with Gasteiger partial charge in [0.15, 0.2) is 11.5 Å². The minimum Gasteiger partial charge on any atom is -0.419 e. The summed E-state index contributed by atoms with van der Waals surface area (Å²) >= 11 is 0. The largest absolute Gasteiger partial charge is 0.419 e. The molecule has 0 aromatic heterocycles. The third-order valence-electron chi connectivity index (χ3n) is 10.9. The Bertz CT molecular complexity index is 2630. The molecule has 0 unspecified atom stereocenters. The van der Waals surface area contributed by atoms with Crippen LogP contribution in [-0.4, -0.2) is 97.5 Å².